The number of fused-ring (bicyclic) bond motifs is 2. The summed E-state index contributed by atoms with van der Waals surface area (Å²) in [6, 6.07) is 6.62. The van der Waals surface area contributed by atoms with Crippen LogP contribution in [0.3, 0.4) is 0 Å². The highest BCUT2D eigenvalue weighted by Gasteiger charge is 2.60. The van der Waals surface area contributed by atoms with Gasteiger partial charge in [0.2, 0.25) is 0 Å². The minimum absolute atomic E-state index is 0.0170. The molecule has 1 heterocycles. The molecule has 4 nitrogen and oxygen atoms in total. The molecule has 1 aromatic carbocycles. The number of rotatable bonds is 5. The fourth-order valence-corrected chi connectivity index (χ4v) is 5.66. The average Bonchev–Trinajstić information content (AvgIpc) is 3.27. The second-order valence-electron chi connectivity index (χ2n) is 9.35. The Bertz CT molecular complexity index is 784. The molecule has 1 aliphatic heterocycles. The van der Waals surface area contributed by atoms with E-state index in [2.05, 4.69) is 26.1 Å². The summed E-state index contributed by atoms with van der Waals surface area (Å²) in [5.74, 6) is 0.307. The van der Waals surface area contributed by atoms with E-state index in [1.165, 1.54) is 31.7 Å². The number of carbonyl (C=O) groups is 1. The van der Waals surface area contributed by atoms with Gasteiger partial charge in [-0.2, -0.15) is 5.10 Å². The monoisotopic (exact) mass is 385 g/mol. The Kier molecular flexibility index (Phi) is 4.96. The van der Waals surface area contributed by atoms with Gasteiger partial charge in [0.05, 0.1) is 6.54 Å². The molecule has 152 valence electrons. The molecule has 1 N–H and O–H groups in total. The zero-order chi connectivity index (χ0) is 19.9. The van der Waals surface area contributed by atoms with E-state index in [9.17, 15) is 9.18 Å². The summed E-state index contributed by atoms with van der Waals surface area (Å²) in [4.78, 5) is 13.2. The highest BCUT2D eigenvalue weighted by molar-refractivity contribution is 5.94. The van der Waals surface area contributed by atoms with Crippen LogP contribution in [0.4, 0.5) is 9.18 Å². The Hall–Kier alpha value is -1.91. The molecular weight excluding hydrogens is 353 g/mol. The van der Waals surface area contributed by atoms with Crippen LogP contribution < -0.4 is 5.32 Å². The summed E-state index contributed by atoms with van der Waals surface area (Å²) in [5, 5.41) is 9.65. The maximum absolute atomic E-state index is 13.8. The standard InChI is InChI=1S/C23H32FN3O/c1-4-5-9-20-19(16-7-6-8-18(24)14-16)15-27(26-20)21(28)25-23(3)17-10-12-22(23,2)13-11-17/h6-8,14,17,19H,4-5,9-13,15H2,1-3H3,(H,25,28)/t17-,19-,22+,23-/m0/s1. The summed E-state index contributed by atoms with van der Waals surface area (Å²) in [7, 11) is 0. The molecule has 28 heavy (non-hydrogen) atoms. The van der Waals surface area contributed by atoms with E-state index in [-0.39, 0.29) is 28.7 Å². The summed E-state index contributed by atoms with van der Waals surface area (Å²) in [6.45, 7) is 7.17. The molecule has 2 atom stereocenters. The number of hydrazone groups is 1. The number of amides is 2. The molecule has 0 aromatic heterocycles. The Morgan fingerprint density at radius 2 is 2.07 bits per heavy atom. The van der Waals surface area contributed by atoms with Crippen molar-refractivity contribution in [1.29, 1.82) is 0 Å². The molecule has 2 aliphatic carbocycles. The molecule has 2 fully saturated rings. The predicted octanol–water partition coefficient (Wildman–Crippen LogP) is 5.45. The molecule has 0 radical (unpaired) electrons. The van der Waals surface area contributed by atoms with Gasteiger partial charge in [-0.05, 0) is 74.5 Å². The van der Waals surface area contributed by atoms with Crippen LogP contribution in [-0.4, -0.2) is 28.8 Å². The number of hydrogen-bond donors (Lipinski definition) is 1. The zero-order valence-corrected chi connectivity index (χ0v) is 17.3. The summed E-state index contributed by atoms with van der Waals surface area (Å²) < 4.78 is 13.8. The number of nitrogens with zero attached hydrogens (tertiary/aromatic N) is 2. The van der Waals surface area contributed by atoms with Crippen molar-refractivity contribution < 1.29 is 9.18 Å². The average molecular weight is 386 g/mol. The first kappa shape index (κ1) is 19.4. The summed E-state index contributed by atoms with van der Waals surface area (Å²) >= 11 is 0. The molecule has 1 aromatic rings. The Balaban J connectivity index is 1.53. The topological polar surface area (TPSA) is 44.7 Å². The third-order valence-electron chi connectivity index (χ3n) is 7.80. The number of halogens is 1. The highest BCUT2D eigenvalue weighted by Crippen LogP contribution is 2.60. The number of nitrogens with one attached hydrogen (secondary N) is 1. The lowest BCUT2D eigenvalue weighted by atomic mass is 9.76. The van der Waals surface area contributed by atoms with Crippen molar-refractivity contribution in [3.05, 3.63) is 35.6 Å². The first-order chi connectivity index (χ1) is 13.4. The smallest absolute Gasteiger partial charge is 0.331 e. The normalized spacial score (nSPS) is 34.0. The maximum Gasteiger partial charge on any atom is 0.338 e. The second kappa shape index (κ2) is 7.16. The van der Waals surface area contributed by atoms with Gasteiger partial charge in [0.25, 0.3) is 0 Å². The molecule has 0 spiro atoms. The minimum Gasteiger partial charge on any atom is -0.331 e. The van der Waals surface area contributed by atoms with E-state index in [0.29, 0.717) is 12.5 Å². The lowest BCUT2D eigenvalue weighted by molar-refractivity contribution is 0.148. The van der Waals surface area contributed by atoms with Crippen LogP contribution in [0.25, 0.3) is 0 Å². The molecule has 3 aliphatic rings. The van der Waals surface area contributed by atoms with Gasteiger partial charge in [-0.3, -0.25) is 0 Å². The van der Waals surface area contributed by atoms with Gasteiger partial charge in [-0.1, -0.05) is 32.4 Å². The van der Waals surface area contributed by atoms with Crippen LogP contribution in [0.5, 0.6) is 0 Å². The fraction of sp³-hybridized carbons (Fsp3) is 0.652. The third-order valence-corrected chi connectivity index (χ3v) is 7.80. The highest BCUT2D eigenvalue weighted by atomic mass is 19.1. The minimum atomic E-state index is -0.238. The van der Waals surface area contributed by atoms with Gasteiger partial charge in [0, 0.05) is 17.2 Å². The number of carbonyl (C=O) groups excluding carboxylic acids is 1. The molecule has 2 amide bonds. The van der Waals surface area contributed by atoms with Gasteiger partial charge in [0.15, 0.2) is 0 Å². The Morgan fingerprint density at radius 1 is 1.32 bits per heavy atom. The van der Waals surface area contributed by atoms with Crippen molar-refractivity contribution in [3.8, 4) is 0 Å². The summed E-state index contributed by atoms with van der Waals surface area (Å²) in [5.41, 5.74) is 1.93. The summed E-state index contributed by atoms with van der Waals surface area (Å²) in [6.07, 6.45) is 7.71. The molecule has 0 saturated heterocycles. The molecule has 2 bridgehead atoms. The Labute approximate surface area is 167 Å². The lowest BCUT2D eigenvalue weighted by Gasteiger charge is -2.39. The van der Waals surface area contributed by atoms with Gasteiger partial charge < -0.3 is 5.32 Å². The van der Waals surface area contributed by atoms with Crippen molar-refractivity contribution in [2.24, 2.45) is 16.4 Å². The van der Waals surface area contributed by atoms with Gasteiger partial charge in [-0.15, -0.1) is 0 Å². The van der Waals surface area contributed by atoms with Crippen LogP contribution in [0, 0.1) is 17.2 Å². The molecule has 0 unspecified atom stereocenters. The van der Waals surface area contributed by atoms with Gasteiger partial charge in [0.1, 0.15) is 5.82 Å². The van der Waals surface area contributed by atoms with Crippen LogP contribution in [-0.2, 0) is 0 Å². The van der Waals surface area contributed by atoms with Crippen LogP contribution in [0.1, 0.15) is 77.2 Å². The first-order valence-electron chi connectivity index (χ1n) is 10.8. The molecule has 2 saturated carbocycles. The Morgan fingerprint density at radius 3 is 2.68 bits per heavy atom. The van der Waals surface area contributed by atoms with E-state index < -0.39 is 0 Å². The van der Waals surface area contributed by atoms with E-state index in [4.69, 9.17) is 5.10 Å². The molecule has 4 rings (SSSR count). The molecule has 5 heteroatoms. The largest absolute Gasteiger partial charge is 0.338 e. The molecular formula is C23H32FN3O. The lowest BCUT2D eigenvalue weighted by Crippen LogP contribution is -2.56. The fourth-order valence-electron chi connectivity index (χ4n) is 5.66. The van der Waals surface area contributed by atoms with Crippen molar-refractivity contribution in [2.75, 3.05) is 6.54 Å². The number of urea groups is 1. The van der Waals surface area contributed by atoms with Crippen molar-refractivity contribution in [3.63, 3.8) is 0 Å². The quantitative estimate of drug-likeness (QED) is 0.720. The number of unbranched alkanes of at least 4 members (excludes halogenated alkanes) is 1. The second-order valence-corrected chi connectivity index (χ2v) is 9.35. The van der Waals surface area contributed by atoms with Gasteiger partial charge in [-0.25, -0.2) is 14.2 Å². The van der Waals surface area contributed by atoms with E-state index >= 15 is 0 Å². The van der Waals surface area contributed by atoms with Crippen LogP contribution in [0.15, 0.2) is 29.4 Å². The van der Waals surface area contributed by atoms with Gasteiger partial charge >= 0.3 is 6.03 Å². The van der Waals surface area contributed by atoms with Crippen molar-refractivity contribution >= 4 is 11.7 Å². The van der Waals surface area contributed by atoms with E-state index in [0.717, 1.165) is 30.5 Å². The predicted molar refractivity (Wildman–Crippen MR) is 110 cm³/mol. The van der Waals surface area contributed by atoms with Crippen molar-refractivity contribution in [1.82, 2.24) is 10.3 Å². The van der Waals surface area contributed by atoms with E-state index in [1.54, 1.807) is 17.1 Å². The van der Waals surface area contributed by atoms with Crippen LogP contribution in [0.2, 0.25) is 0 Å². The van der Waals surface area contributed by atoms with Crippen LogP contribution >= 0.6 is 0 Å². The first-order valence-corrected chi connectivity index (χ1v) is 10.8. The van der Waals surface area contributed by atoms with E-state index in [1.807, 2.05) is 6.07 Å². The maximum atomic E-state index is 13.8. The third kappa shape index (κ3) is 3.13. The number of hydrogen-bond acceptors (Lipinski definition) is 2. The SMILES string of the molecule is CCCCC1=NN(C(=O)N[C@@]2(C)[C@H]3CC[C@]2(C)CC3)C[C@H]1c1cccc(F)c1. The van der Waals surface area contributed by atoms with Crippen molar-refractivity contribution in [2.45, 2.75) is 77.2 Å². The zero-order valence-electron chi connectivity index (χ0n) is 17.3. The number of benzene rings is 1.